The summed E-state index contributed by atoms with van der Waals surface area (Å²) in [5, 5.41) is 3.57. The quantitative estimate of drug-likeness (QED) is 0.198. The molecule has 24 heavy (non-hydrogen) atoms. The maximum atomic E-state index is 5.76. The first-order valence-corrected chi connectivity index (χ1v) is 9.42. The Kier molecular flexibility index (Phi) is 17.3. The zero-order valence-electron chi connectivity index (χ0n) is 16.0. The Hall–Kier alpha value is -0.280. The van der Waals surface area contributed by atoms with Crippen molar-refractivity contribution in [2.24, 2.45) is 17.2 Å². The van der Waals surface area contributed by atoms with Crippen LogP contribution < -0.4 is 22.5 Å². The van der Waals surface area contributed by atoms with Crippen LogP contribution in [-0.2, 0) is 4.74 Å². The van der Waals surface area contributed by atoms with Gasteiger partial charge in [-0.25, -0.2) is 0 Å². The molecular weight excluding hydrogens is 304 g/mol. The first-order valence-electron chi connectivity index (χ1n) is 9.42. The van der Waals surface area contributed by atoms with E-state index in [0.29, 0.717) is 12.8 Å². The topological polar surface area (TPSA) is 106 Å². The van der Waals surface area contributed by atoms with Gasteiger partial charge in [-0.2, -0.15) is 0 Å². The van der Waals surface area contributed by atoms with E-state index < -0.39 is 0 Å². The molecule has 0 heterocycles. The Morgan fingerprint density at radius 2 is 1.46 bits per heavy atom. The average Bonchev–Trinajstić information content (AvgIpc) is 2.56. The molecule has 0 aliphatic heterocycles. The first kappa shape index (κ1) is 23.7. The van der Waals surface area contributed by atoms with Crippen molar-refractivity contribution in [3.05, 3.63) is 0 Å². The maximum absolute atomic E-state index is 5.76. The van der Waals surface area contributed by atoms with Crippen LogP contribution >= 0.6 is 0 Å². The van der Waals surface area contributed by atoms with Gasteiger partial charge in [-0.05, 0) is 92.0 Å². The summed E-state index contributed by atoms with van der Waals surface area (Å²) in [6.45, 7) is 7.82. The molecule has 0 saturated carbocycles. The lowest BCUT2D eigenvalue weighted by atomic mass is 10.1. The van der Waals surface area contributed by atoms with Gasteiger partial charge in [-0.15, -0.1) is 0 Å². The van der Waals surface area contributed by atoms with Crippen LogP contribution in [-0.4, -0.2) is 89.1 Å². The highest BCUT2D eigenvalue weighted by atomic mass is 16.5. The van der Waals surface area contributed by atoms with E-state index >= 15 is 0 Å². The molecule has 0 rings (SSSR count). The van der Waals surface area contributed by atoms with Crippen LogP contribution in [0.25, 0.3) is 0 Å². The minimum Gasteiger partial charge on any atom is -0.364 e. The van der Waals surface area contributed by atoms with Crippen LogP contribution in [0.1, 0.15) is 32.1 Å². The van der Waals surface area contributed by atoms with E-state index in [1.807, 2.05) is 19.0 Å². The Morgan fingerprint density at radius 3 is 2.00 bits per heavy atom. The molecule has 7 nitrogen and oxygen atoms in total. The van der Waals surface area contributed by atoms with E-state index in [9.17, 15) is 0 Å². The van der Waals surface area contributed by atoms with Gasteiger partial charge in [0.05, 0.1) is 13.3 Å². The van der Waals surface area contributed by atoms with E-state index in [4.69, 9.17) is 21.9 Å². The third-order valence-electron chi connectivity index (χ3n) is 3.87. The van der Waals surface area contributed by atoms with Crippen molar-refractivity contribution in [2.75, 3.05) is 73.2 Å². The Morgan fingerprint density at radius 1 is 0.875 bits per heavy atom. The second-order valence-electron chi connectivity index (χ2n) is 6.64. The summed E-state index contributed by atoms with van der Waals surface area (Å²) in [7, 11) is 4.03. The van der Waals surface area contributed by atoms with E-state index in [0.717, 1.165) is 84.5 Å². The van der Waals surface area contributed by atoms with Crippen molar-refractivity contribution in [3.8, 4) is 0 Å². The molecule has 0 amide bonds. The summed E-state index contributed by atoms with van der Waals surface area (Å²) in [5.74, 6) is 0. The largest absolute Gasteiger partial charge is 0.364 e. The maximum Gasteiger partial charge on any atom is 0.0986 e. The van der Waals surface area contributed by atoms with Crippen molar-refractivity contribution in [2.45, 2.75) is 38.1 Å². The third kappa shape index (κ3) is 15.3. The average molecular weight is 347 g/mol. The lowest BCUT2D eigenvalue weighted by Crippen LogP contribution is -2.37. The molecule has 0 spiro atoms. The number of hydrogen-bond acceptors (Lipinski definition) is 7. The van der Waals surface area contributed by atoms with Crippen LogP contribution in [0.2, 0.25) is 0 Å². The molecule has 0 fully saturated rings. The van der Waals surface area contributed by atoms with Gasteiger partial charge in [0.25, 0.3) is 0 Å². The second kappa shape index (κ2) is 17.5. The molecule has 7 heteroatoms. The summed E-state index contributed by atoms with van der Waals surface area (Å²) in [6, 6.07) is 0.391. The van der Waals surface area contributed by atoms with Gasteiger partial charge in [0.15, 0.2) is 0 Å². The van der Waals surface area contributed by atoms with Gasteiger partial charge >= 0.3 is 0 Å². The number of ether oxygens (including phenoxy) is 1. The molecule has 0 aliphatic carbocycles. The molecule has 0 radical (unpaired) electrons. The van der Waals surface area contributed by atoms with Gasteiger partial charge < -0.3 is 32.2 Å². The van der Waals surface area contributed by atoms with E-state index in [1.165, 1.54) is 0 Å². The highest BCUT2D eigenvalue weighted by Gasteiger charge is 2.10. The van der Waals surface area contributed by atoms with Gasteiger partial charge in [0, 0.05) is 6.04 Å². The summed E-state index contributed by atoms with van der Waals surface area (Å²) in [5.41, 5.74) is 16.9. The Bertz CT molecular complexity index is 247. The molecule has 0 aromatic heterocycles. The fourth-order valence-electron chi connectivity index (χ4n) is 2.56. The lowest BCUT2D eigenvalue weighted by molar-refractivity contribution is 0.0404. The van der Waals surface area contributed by atoms with E-state index in [2.05, 4.69) is 10.2 Å². The molecule has 0 saturated heterocycles. The molecule has 1 atom stereocenters. The molecule has 0 bridgehead atoms. The van der Waals surface area contributed by atoms with Crippen molar-refractivity contribution in [1.29, 1.82) is 0 Å². The van der Waals surface area contributed by atoms with Crippen LogP contribution in [0.5, 0.6) is 0 Å². The molecule has 1 unspecified atom stereocenters. The minimum absolute atomic E-state index is 0.391. The van der Waals surface area contributed by atoms with Crippen LogP contribution in [0.3, 0.4) is 0 Å². The van der Waals surface area contributed by atoms with Crippen molar-refractivity contribution in [1.82, 2.24) is 15.1 Å². The van der Waals surface area contributed by atoms with Gasteiger partial charge in [0.2, 0.25) is 0 Å². The molecular formula is C17H42N6O. The number of nitrogens with two attached hydrogens (primary N) is 3. The predicted octanol–water partition coefficient (Wildman–Crippen LogP) is -0.391. The summed E-state index contributed by atoms with van der Waals surface area (Å²) >= 11 is 0. The van der Waals surface area contributed by atoms with Crippen LogP contribution in [0.4, 0.5) is 0 Å². The smallest absolute Gasteiger partial charge is 0.0986 e. The molecule has 0 aliphatic rings. The highest BCUT2D eigenvalue weighted by Crippen LogP contribution is 2.03. The number of nitrogens with one attached hydrogen (secondary N) is 1. The molecule has 0 aromatic carbocycles. The minimum atomic E-state index is 0.391. The molecule has 146 valence electrons. The Balaban J connectivity index is 4.11. The number of rotatable bonds is 18. The van der Waals surface area contributed by atoms with Crippen LogP contribution in [0, 0.1) is 0 Å². The second-order valence-corrected chi connectivity index (χ2v) is 6.64. The third-order valence-corrected chi connectivity index (χ3v) is 3.87. The SMILES string of the molecule is CN(C)COCC(CCCN(CCCN)CCCN)NCCCN. The van der Waals surface area contributed by atoms with Gasteiger partial charge in [-0.1, -0.05) is 0 Å². The summed E-state index contributed by atoms with van der Waals surface area (Å²) < 4.78 is 5.76. The Labute approximate surface area is 149 Å². The van der Waals surface area contributed by atoms with E-state index in [-0.39, 0.29) is 0 Å². The normalized spacial score (nSPS) is 13.1. The van der Waals surface area contributed by atoms with Crippen molar-refractivity contribution in [3.63, 3.8) is 0 Å². The van der Waals surface area contributed by atoms with E-state index in [1.54, 1.807) is 0 Å². The fraction of sp³-hybridized carbons (Fsp3) is 1.00. The lowest BCUT2D eigenvalue weighted by Gasteiger charge is -2.24. The number of hydrogen-bond donors (Lipinski definition) is 4. The molecule has 7 N–H and O–H groups in total. The summed E-state index contributed by atoms with van der Waals surface area (Å²) in [4.78, 5) is 4.52. The van der Waals surface area contributed by atoms with Gasteiger partial charge in [0.1, 0.15) is 0 Å². The number of nitrogens with zero attached hydrogens (tertiary/aromatic N) is 2. The first-order chi connectivity index (χ1) is 11.6. The summed E-state index contributed by atoms with van der Waals surface area (Å²) in [6.07, 6.45) is 5.37. The molecule has 0 aromatic rings. The van der Waals surface area contributed by atoms with Crippen molar-refractivity contribution < 1.29 is 4.74 Å². The fourth-order valence-corrected chi connectivity index (χ4v) is 2.56. The predicted molar refractivity (Wildman–Crippen MR) is 103 cm³/mol. The zero-order valence-corrected chi connectivity index (χ0v) is 16.0. The van der Waals surface area contributed by atoms with Crippen LogP contribution in [0.15, 0.2) is 0 Å². The highest BCUT2D eigenvalue weighted by molar-refractivity contribution is 4.69. The standard InChI is InChI=1S/C17H42N6O/c1-22(2)16-24-15-17(21-11-4-8-18)7-3-12-23(13-5-9-19)14-6-10-20/h17,21H,3-16,18-20H2,1-2H3. The zero-order chi connectivity index (χ0) is 18.0. The van der Waals surface area contributed by atoms with Crippen molar-refractivity contribution >= 4 is 0 Å². The monoisotopic (exact) mass is 346 g/mol. The van der Waals surface area contributed by atoms with Gasteiger partial charge in [-0.3, -0.25) is 4.90 Å².